The van der Waals surface area contributed by atoms with Gasteiger partial charge in [0.1, 0.15) is 17.2 Å². The number of ether oxygens (including phenoxy) is 1. The Balaban J connectivity index is -0.000000266. The van der Waals surface area contributed by atoms with E-state index in [1.807, 2.05) is 69.3 Å². The molecule has 0 aliphatic rings. The summed E-state index contributed by atoms with van der Waals surface area (Å²) in [5.41, 5.74) is 23.6. The minimum absolute atomic E-state index is 0. The molecule has 0 saturated heterocycles. The van der Waals surface area contributed by atoms with Crippen molar-refractivity contribution in [3.63, 3.8) is 0 Å². The van der Waals surface area contributed by atoms with E-state index < -0.39 is 0 Å². The lowest BCUT2D eigenvalue weighted by Crippen LogP contribution is -2.11. The van der Waals surface area contributed by atoms with Gasteiger partial charge in [0.05, 0.1) is 7.11 Å². The van der Waals surface area contributed by atoms with E-state index in [0.717, 1.165) is 22.4 Å². The fraction of sp³-hybridized carbons (Fsp3) is 0.493. The van der Waals surface area contributed by atoms with Gasteiger partial charge in [0, 0.05) is 10.6 Å². The Hall–Kier alpha value is -5.97. The van der Waals surface area contributed by atoms with Crippen molar-refractivity contribution in [1.82, 2.24) is 0 Å². The van der Waals surface area contributed by atoms with Gasteiger partial charge in [-0.2, -0.15) is 0 Å². The van der Waals surface area contributed by atoms with E-state index >= 15 is 0 Å². The first-order valence-electron chi connectivity index (χ1n) is 25.4. The third-order valence-corrected chi connectivity index (χ3v) is 12.1. The molecule has 6 aromatic rings. The van der Waals surface area contributed by atoms with Crippen LogP contribution >= 0.6 is 0 Å². The van der Waals surface area contributed by atoms with Gasteiger partial charge in [-0.25, -0.2) is 0 Å². The molecule has 6 heteroatoms. The summed E-state index contributed by atoms with van der Waals surface area (Å²) in [6, 6.07) is 43.2. The molecule has 6 rings (SSSR count). The van der Waals surface area contributed by atoms with Crippen LogP contribution in [0.2, 0.25) is 0 Å². The molecule has 0 heterocycles. The molecule has 2 N–H and O–H groups in total. The highest BCUT2D eigenvalue weighted by Crippen LogP contribution is 2.31. The maximum atomic E-state index is 9.60. The molecule has 0 aromatic heterocycles. The van der Waals surface area contributed by atoms with Crippen LogP contribution in [-0.4, -0.2) is 17.3 Å². The maximum absolute atomic E-state index is 9.60. The van der Waals surface area contributed by atoms with Crippen LogP contribution in [0, 0.1) is 34.6 Å². The van der Waals surface area contributed by atoms with E-state index in [1.54, 1.807) is 13.2 Å². The SMILES string of the molecule is C.C.C.C.C.CC(C)(C)c1ccc(N=[N+]=[N-])cc1.COc1ccc(C(C)(C)C)cc1.Cc1cc(C(C)(C)C)cc(C)c1O.Cc1cc(C(C)(C)C)ccc1O.Cc1ccc(C(C)(C)C)cc1.Cc1cccc(C(C)(C)C)c1. The first-order chi connectivity index (χ1) is 32.8. The molecular weight excluding hydrogens is 943 g/mol. The third-order valence-electron chi connectivity index (χ3n) is 12.1. The molecular formula is C71H115N3O3. The van der Waals surface area contributed by atoms with Crippen LogP contribution in [0.4, 0.5) is 5.69 Å². The fourth-order valence-corrected chi connectivity index (χ4v) is 6.85. The summed E-state index contributed by atoms with van der Waals surface area (Å²) in [6.45, 7) is 49.6. The Morgan fingerprint density at radius 1 is 0.377 bits per heavy atom. The van der Waals surface area contributed by atoms with Gasteiger partial charge in [0.2, 0.25) is 0 Å². The van der Waals surface area contributed by atoms with Crippen LogP contribution in [0.5, 0.6) is 17.2 Å². The topological polar surface area (TPSA) is 98.5 Å². The summed E-state index contributed by atoms with van der Waals surface area (Å²) < 4.78 is 5.08. The Morgan fingerprint density at radius 2 is 0.701 bits per heavy atom. The molecule has 0 fully saturated rings. The second kappa shape index (κ2) is 34.0. The highest BCUT2D eigenvalue weighted by atomic mass is 16.5. The number of hydrogen-bond acceptors (Lipinski definition) is 4. The van der Waals surface area contributed by atoms with Gasteiger partial charge >= 0.3 is 0 Å². The van der Waals surface area contributed by atoms with E-state index in [0.29, 0.717) is 17.2 Å². The average molecular weight is 1060 g/mol. The van der Waals surface area contributed by atoms with Crippen molar-refractivity contribution in [3.8, 4) is 17.2 Å². The first kappa shape index (κ1) is 79.9. The van der Waals surface area contributed by atoms with E-state index in [4.69, 9.17) is 10.3 Å². The van der Waals surface area contributed by atoms with Crippen molar-refractivity contribution in [3.05, 3.63) is 199 Å². The zero-order valence-corrected chi connectivity index (χ0v) is 49.3. The fourth-order valence-electron chi connectivity index (χ4n) is 6.85. The van der Waals surface area contributed by atoms with Gasteiger partial charge in [-0.1, -0.05) is 287 Å². The van der Waals surface area contributed by atoms with Crippen LogP contribution in [0.25, 0.3) is 10.4 Å². The van der Waals surface area contributed by atoms with E-state index in [9.17, 15) is 10.2 Å². The largest absolute Gasteiger partial charge is 0.508 e. The van der Waals surface area contributed by atoms with Crippen LogP contribution in [-0.2, 0) is 32.5 Å². The molecule has 0 unspecified atom stereocenters. The molecule has 0 amide bonds. The number of azide groups is 1. The number of nitrogens with zero attached hydrogens (tertiary/aromatic N) is 3. The molecule has 0 aliphatic carbocycles. The Kier molecular flexibility index (Phi) is 35.3. The second-order valence-electron chi connectivity index (χ2n) is 25.2. The summed E-state index contributed by atoms with van der Waals surface area (Å²) in [6.07, 6.45) is 0. The number of hydrogen-bond donors (Lipinski definition) is 2. The van der Waals surface area contributed by atoms with Crippen molar-refractivity contribution in [2.24, 2.45) is 5.11 Å². The molecule has 0 aliphatic heterocycles. The van der Waals surface area contributed by atoms with Crippen LogP contribution < -0.4 is 4.74 Å². The number of rotatable bonds is 2. The normalized spacial score (nSPS) is 10.7. The number of phenolic OH excluding ortho intramolecular Hbond substituents is 2. The highest BCUT2D eigenvalue weighted by Gasteiger charge is 2.18. The van der Waals surface area contributed by atoms with Gasteiger partial charge in [0.25, 0.3) is 0 Å². The minimum atomic E-state index is 0. The van der Waals surface area contributed by atoms with E-state index in [-0.39, 0.29) is 69.6 Å². The Morgan fingerprint density at radius 3 is 1.01 bits per heavy atom. The molecule has 0 saturated carbocycles. The lowest BCUT2D eigenvalue weighted by Gasteiger charge is -2.20. The van der Waals surface area contributed by atoms with Crippen LogP contribution in [0.1, 0.15) is 223 Å². The van der Waals surface area contributed by atoms with Gasteiger partial charge in [-0.05, 0) is 141 Å². The minimum Gasteiger partial charge on any atom is -0.508 e. The van der Waals surface area contributed by atoms with Crippen molar-refractivity contribution in [2.75, 3.05) is 7.11 Å². The summed E-state index contributed by atoms with van der Waals surface area (Å²) in [5.74, 6) is 1.72. The van der Waals surface area contributed by atoms with Gasteiger partial charge in [0.15, 0.2) is 0 Å². The van der Waals surface area contributed by atoms with Gasteiger partial charge in [-0.3, -0.25) is 0 Å². The number of aryl methyl sites for hydroxylation is 5. The molecule has 6 nitrogen and oxygen atoms in total. The average Bonchev–Trinajstić information content (AvgIpc) is 3.26. The van der Waals surface area contributed by atoms with Crippen LogP contribution in [0.15, 0.2) is 133 Å². The van der Waals surface area contributed by atoms with Crippen molar-refractivity contribution in [2.45, 2.75) is 229 Å². The lowest BCUT2D eigenvalue weighted by atomic mass is 9.85. The Labute approximate surface area is 475 Å². The van der Waals surface area contributed by atoms with Crippen molar-refractivity contribution in [1.29, 1.82) is 0 Å². The standard InChI is InChI=1S/C12H18O.2C11H16O.2C11H16.C10H13N3.5CH4/c1-8-6-10(12(3,4)5)7-9(2)11(8)13;1-11(2,3)9-5-7-10(12-4)8-6-9;1-8-7-9(11(2,3)4)5-6-10(8)12;1-9-5-7-10(8-6-9)11(2,3)4;1-9-6-5-7-10(8-9)11(2,3)4;1-10(2,3)8-4-6-9(7-5-8)12-13-11;;;;;/h6-7,13H,1-5H3;5-8H,1-4H3;5-7,12H,1-4H3;2*5-8H,1-4H3;4-7H,1-3H3;5*1H4. The smallest absolute Gasteiger partial charge is 0.121 e. The lowest BCUT2D eigenvalue weighted by molar-refractivity contribution is 0.414. The molecule has 0 radical (unpaired) electrons. The number of methoxy groups -OCH3 is 1. The van der Waals surface area contributed by atoms with Crippen molar-refractivity contribution < 1.29 is 14.9 Å². The number of aromatic hydroxyl groups is 2. The Bertz CT molecular complexity index is 2570. The molecule has 0 atom stereocenters. The van der Waals surface area contributed by atoms with Crippen molar-refractivity contribution >= 4 is 5.69 Å². The monoisotopic (exact) mass is 1060 g/mol. The second-order valence-corrected chi connectivity index (χ2v) is 25.2. The first-order valence-corrected chi connectivity index (χ1v) is 25.4. The van der Waals surface area contributed by atoms with Gasteiger partial charge < -0.3 is 14.9 Å². The van der Waals surface area contributed by atoms with E-state index in [1.165, 1.54) is 44.5 Å². The quantitative estimate of drug-likeness (QED) is 0.103. The third kappa shape index (κ3) is 29.9. The molecule has 6 aromatic carbocycles. The highest BCUT2D eigenvalue weighted by molar-refractivity contribution is 5.44. The molecule has 0 bridgehead atoms. The maximum Gasteiger partial charge on any atom is 0.121 e. The van der Waals surface area contributed by atoms with Crippen LogP contribution in [0.3, 0.4) is 0 Å². The van der Waals surface area contributed by atoms with E-state index in [2.05, 4.69) is 221 Å². The number of phenols is 2. The zero-order chi connectivity index (χ0) is 55.6. The predicted octanol–water partition coefficient (Wildman–Crippen LogP) is 23.0. The predicted molar refractivity (Wildman–Crippen MR) is 347 cm³/mol. The summed E-state index contributed by atoms with van der Waals surface area (Å²) in [4.78, 5) is 2.72. The number of benzene rings is 6. The summed E-state index contributed by atoms with van der Waals surface area (Å²) >= 11 is 0. The molecule has 432 valence electrons. The molecule has 0 spiro atoms. The summed E-state index contributed by atoms with van der Waals surface area (Å²) in [7, 11) is 1.69. The summed E-state index contributed by atoms with van der Waals surface area (Å²) in [5, 5.41) is 22.4. The zero-order valence-electron chi connectivity index (χ0n) is 49.3. The molecule has 77 heavy (non-hydrogen) atoms. The van der Waals surface area contributed by atoms with Gasteiger partial charge in [-0.15, -0.1) is 0 Å².